The molecule has 1 N–H and O–H groups in total. The summed E-state index contributed by atoms with van der Waals surface area (Å²) in [5, 5.41) is 4.69. The number of thiophene rings is 1. The maximum Gasteiger partial charge on any atom is 0.264 e. The van der Waals surface area contributed by atoms with Crippen LogP contribution in [0.25, 0.3) is 0 Å². The first-order chi connectivity index (χ1) is 15.0. The van der Waals surface area contributed by atoms with Gasteiger partial charge in [-0.05, 0) is 35.9 Å². The minimum absolute atomic E-state index is 0.0795. The highest BCUT2D eigenvalue weighted by Gasteiger charge is 2.35. The average Bonchev–Trinajstić information content (AvgIpc) is 3.50. The monoisotopic (exact) mass is 463 g/mol. The third kappa shape index (κ3) is 4.67. The standard InChI is InChI=1S/C21H25N3O5S2/c25-20(17-6-3-9-24(17)21(26)18-7-4-14-30-18)22-15-16-5-1-2-8-19(16)31(27,28)23-10-12-29-13-11-23/h1-2,4-5,7-8,14,17H,3,6,9-13,15H2,(H,22,25)/t17-/m1/s1. The first-order valence-electron chi connectivity index (χ1n) is 10.3. The first-order valence-corrected chi connectivity index (χ1v) is 12.6. The summed E-state index contributed by atoms with van der Waals surface area (Å²) in [5.74, 6) is -0.399. The van der Waals surface area contributed by atoms with E-state index >= 15 is 0 Å². The summed E-state index contributed by atoms with van der Waals surface area (Å²) in [6.07, 6.45) is 1.36. The lowest BCUT2D eigenvalue weighted by molar-refractivity contribution is -0.125. The highest BCUT2D eigenvalue weighted by atomic mass is 32.2. The zero-order valence-electron chi connectivity index (χ0n) is 17.0. The van der Waals surface area contributed by atoms with E-state index < -0.39 is 16.1 Å². The predicted octanol–water partition coefficient (Wildman–Crippen LogP) is 1.69. The van der Waals surface area contributed by atoms with Crippen LogP contribution < -0.4 is 5.32 Å². The second-order valence-electron chi connectivity index (χ2n) is 7.48. The minimum atomic E-state index is -3.67. The van der Waals surface area contributed by atoms with Crippen LogP contribution in [0.1, 0.15) is 28.1 Å². The number of nitrogens with zero attached hydrogens (tertiary/aromatic N) is 2. The number of amides is 2. The average molecular weight is 464 g/mol. The fourth-order valence-corrected chi connectivity index (χ4v) is 6.26. The van der Waals surface area contributed by atoms with E-state index in [9.17, 15) is 18.0 Å². The van der Waals surface area contributed by atoms with Gasteiger partial charge in [0.1, 0.15) is 6.04 Å². The van der Waals surface area contributed by atoms with Gasteiger partial charge < -0.3 is 15.0 Å². The van der Waals surface area contributed by atoms with Crippen LogP contribution in [0.4, 0.5) is 0 Å². The molecule has 0 aliphatic carbocycles. The summed E-state index contributed by atoms with van der Waals surface area (Å²) in [6.45, 7) is 1.98. The Balaban J connectivity index is 1.46. The summed E-state index contributed by atoms with van der Waals surface area (Å²) in [4.78, 5) is 28.0. The molecule has 2 saturated heterocycles. The van der Waals surface area contributed by atoms with Crippen LogP contribution in [-0.4, -0.2) is 68.3 Å². The fraction of sp³-hybridized carbons (Fsp3) is 0.429. The maximum atomic E-state index is 13.1. The number of hydrogen-bond donors (Lipinski definition) is 1. The summed E-state index contributed by atoms with van der Waals surface area (Å²) >= 11 is 1.36. The van der Waals surface area contributed by atoms with Crippen LogP contribution in [-0.2, 0) is 26.1 Å². The van der Waals surface area contributed by atoms with Crippen molar-refractivity contribution in [1.82, 2.24) is 14.5 Å². The molecule has 1 atom stereocenters. The molecule has 0 unspecified atom stereocenters. The van der Waals surface area contributed by atoms with Gasteiger partial charge in [0.15, 0.2) is 0 Å². The van der Waals surface area contributed by atoms with Crippen molar-refractivity contribution in [3.63, 3.8) is 0 Å². The molecule has 31 heavy (non-hydrogen) atoms. The van der Waals surface area contributed by atoms with Gasteiger partial charge >= 0.3 is 0 Å². The van der Waals surface area contributed by atoms with Gasteiger partial charge in [0, 0.05) is 26.2 Å². The zero-order valence-corrected chi connectivity index (χ0v) is 18.7. The predicted molar refractivity (Wildman–Crippen MR) is 116 cm³/mol. The van der Waals surface area contributed by atoms with Crippen molar-refractivity contribution in [3.05, 3.63) is 52.2 Å². The van der Waals surface area contributed by atoms with E-state index in [1.807, 2.05) is 11.4 Å². The summed E-state index contributed by atoms with van der Waals surface area (Å²) in [7, 11) is -3.67. The molecule has 1 aromatic heterocycles. The Bertz CT molecular complexity index is 1030. The van der Waals surface area contributed by atoms with Crippen molar-refractivity contribution in [2.45, 2.75) is 30.3 Å². The molecular formula is C21H25N3O5S2. The summed E-state index contributed by atoms with van der Waals surface area (Å²) < 4.78 is 32.8. The van der Waals surface area contributed by atoms with Gasteiger partial charge in [-0.2, -0.15) is 4.31 Å². The van der Waals surface area contributed by atoms with E-state index in [1.54, 1.807) is 35.2 Å². The van der Waals surface area contributed by atoms with Crippen molar-refractivity contribution in [3.8, 4) is 0 Å². The number of carbonyl (C=O) groups is 2. The molecular weight excluding hydrogens is 438 g/mol. The Kier molecular flexibility index (Phi) is 6.71. The number of morpholine rings is 1. The molecule has 0 radical (unpaired) electrons. The molecule has 2 fully saturated rings. The van der Waals surface area contributed by atoms with Gasteiger partial charge in [0.05, 0.1) is 23.0 Å². The first kappa shape index (κ1) is 21.9. The van der Waals surface area contributed by atoms with Crippen molar-refractivity contribution in [2.24, 2.45) is 0 Å². The van der Waals surface area contributed by atoms with E-state index in [4.69, 9.17) is 4.74 Å². The molecule has 1 aromatic carbocycles. The van der Waals surface area contributed by atoms with E-state index in [2.05, 4.69) is 5.32 Å². The lowest BCUT2D eigenvalue weighted by atomic mass is 10.2. The Morgan fingerprint density at radius 1 is 1.10 bits per heavy atom. The van der Waals surface area contributed by atoms with Crippen LogP contribution in [0, 0.1) is 0 Å². The number of benzene rings is 1. The third-order valence-electron chi connectivity index (χ3n) is 5.56. The molecule has 166 valence electrons. The third-order valence-corrected chi connectivity index (χ3v) is 8.42. The number of sulfonamides is 1. The largest absolute Gasteiger partial charge is 0.379 e. The number of carbonyl (C=O) groups excluding carboxylic acids is 2. The number of hydrogen-bond acceptors (Lipinski definition) is 6. The lowest BCUT2D eigenvalue weighted by Gasteiger charge is -2.27. The molecule has 2 aromatic rings. The molecule has 0 saturated carbocycles. The maximum absolute atomic E-state index is 13.1. The van der Waals surface area contributed by atoms with Crippen LogP contribution >= 0.6 is 11.3 Å². The minimum Gasteiger partial charge on any atom is -0.379 e. The second-order valence-corrected chi connectivity index (χ2v) is 10.3. The Morgan fingerprint density at radius 3 is 2.61 bits per heavy atom. The van der Waals surface area contributed by atoms with Crippen molar-refractivity contribution >= 4 is 33.2 Å². The molecule has 10 heteroatoms. The van der Waals surface area contributed by atoms with Crippen molar-refractivity contribution in [1.29, 1.82) is 0 Å². The highest BCUT2D eigenvalue weighted by molar-refractivity contribution is 7.89. The van der Waals surface area contributed by atoms with Crippen LogP contribution in [0.2, 0.25) is 0 Å². The highest BCUT2D eigenvalue weighted by Crippen LogP contribution is 2.24. The van der Waals surface area contributed by atoms with Gasteiger partial charge in [-0.25, -0.2) is 8.42 Å². The van der Waals surface area contributed by atoms with Gasteiger partial charge in [0.2, 0.25) is 15.9 Å². The van der Waals surface area contributed by atoms with Crippen LogP contribution in [0.3, 0.4) is 0 Å². The van der Waals surface area contributed by atoms with E-state index in [0.29, 0.717) is 49.7 Å². The molecule has 8 nitrogen and oxygen atoms in total. The van der Waals surface area contributed by atoms with Crippen molar-refractivity contribution in [2.75, 3.05) is 32.8 Å². The van der Waals surface area contributed by atoms with E-state index in [-0.39, 0.29) is 23.3 Å². The molecule has 2 amide bonds. The van der Waals surface area contributed by atoms with Crippen LogP contribution in [0.5, 0.6) is 0 Å². The number of likely N-dealkylation sites (tertiary alicyclic amines) is 1. The smallest absolute Gasteiger partial charge is 0.264 e. The Hall–Kier alpha value is -2.27. The molecule has 4 rings (SSSR count). The van der Waals surface area contributed by atoms with E-state index in [0.717, 1.165) is 6.42 Å². The van der Waals surface area contributed by atoms with Gasteiger partial charge in [-0.3, -0.25) is 9.59 Å². The van der Waals surface area contributed by atoms with Crippen molar-refractivity contribution < 1.29 is 22.7 Å². The molecule has 2 aliphatic heterocycles. The summed E-state index contributed by atoms with van der Waals surface area (Å²) in [6, 6.07) is 9.73. The molecule has 3 heterocycles. The fourth-order valence-electron chi connectivity index (χ4n) is 3.95. The van der Waals surface area contributed by atoms with E-state index in [1.165, 1.54) is 15.6 Å². The zero-order chi connectivity index (χ0) is 21.8. The topological polar surface area (TPSA) is 96.0 Å². The normalized spacial score (nSPS) is 20.0. The Labute approximate surface area is 185 Å². The van der Waals surface area contributed by atoms with Crippen LogP contribution in [0.15, 0.2) is 46.7 Å². The molecule has 0 bridgehead atoms. The van der Waals surface area contributed by atoms with Gasteiger partial charge in [-0.1, -0.05) is 24.3 Å². The SMILES string of the molecule is O=C(NCc1ccccc1S(=O)(=O)N1CCOCC1)[C@H]1CCCN1C(=O)c1cccs1. The number of ether oxygens (including phenoxy) is 1. The quantitative estimate of drug-likeness (QED) is 0.703. The number of nitrogens with one attached hydrogen (secondary N) is 1. The van der Waals surface area contributed by atoms with Gasteiger partial charge in [0.25, 0.3) is 5.91 Å². The van der Waals surface area contributed by atoms with Gasteiger partial charge in [-0.15, -0.1) is 11.3 Å². The number of rotatable bonds is 6. The Morgan fingerprint density at radius 2 is 1.87 bits per heavy atom. The second kappa shape index (κ2) is 9.47. The lowest BCUT2D eigenvalue weighted by Crippen LogP contribution is -2.45. The summed E-state index contributed by atoms with van der Waals surface area (Å²) in [5.41, 5.74) is 0.525. The molecule has 2 aliphatic rings. The molecule has 0 spiro atoms.